The lowest BCUT2D eigenvalue weighted by Gasteiger charge is -2.35. The van der Waals surface area contributed by atoms with E-state index in [0.29, 0.717) is 31.1 Å². The number of aliphatic hydroxyl groups excluding tert-OH is 1. The number of carbonyl (C=O) groups is 1. The summed E-state index contributed by atoms with van der Waals surface area (Å²) < 4.78 is 5.99. The van der Waals surface area contributed by atoms with Crippen LogP contribution >= 0.6 is 0 Å². The minimum absolute atomic E-state index is 0.207. The fourth-order valence-corrected chi connectivity index (χ4v) is 3.95. The summed E-state index contributed by atoms with van der Waals surface area (Å²) in [5.74, 6) is 1.21. The molecule has 1 aliphatic heterocycles. The Morgan fingerprint density at radius 1 is 1.12 bits per heavy atom. The number of nitrogens with one attached hydrogen (secondary N) is 1. The number of ether oxygens (including phenoxy) is 1. The molecule has 1 aromatic heterocycles. The second-order valence-corrected chi connectivity index (χ2v) is 8.35. The number of aliphatic hydroxyl groups is 1. The third kappa shape index (κ3) is 5.59. The van der Waals surface area contributed by atoms with Crippen molar-refractivity contribution in [1.82, 2.24) is 14.8 Å². The normalized spacial score (nSPS) is 15.8. The van der Waals surface area contributed by atoms with E-state index in [1.165, 1.54) is 6.92 Å². The van der Waals surface area contributed by atoms with Crippen LogP contribution in [0, 0.1) is 5.41 Å². The van der Waals surface area contributed by atoms with Crippen molar-refractivity contribution < 1.29 is 14.6 Å². The van der Waals surface area contributed by atoms with Crippen LogP contribution in [-0.4, -0.2) is 64.3 Å². The number of allylic oxidation sites excluding steroid dienone is 1. The Labute approximate surface area is 198 Å². The molecule has 2 heterocycles. The van der Waals surface area contributed by atoms with Crippen LogP contribution in [0.1, 0.15) is 18.2 Å². The number of rotatable bonds is 7. The molecule has 3 aromatic rings. The Hall–Kier alpha value is -3.75. The Bertz CT molecular complexity index is 1200. The van der Waals surface area contributed by atoms with E-state index in [2.05, 4.69) is 4.90 Å². The number of hydrogen-bond acceptors (Lipinski definition) is 7. The molecule has 0 aliphatic carbocycles. The molecule has 1 aliphatic rings. The topological polar surface area (TPSA) is 116 Å². The first-order valence-electron chi connectivity index (χ1n) is 11.3. The van der Waals surface area contributed by atoms with Crippen molar-refractivity contribution >= 4 is 28.7 Å². The molecule has 0 spiro atoms. The lowest BCUT2D eigenvalue weighted by atomic mass is 10.1. The van der Waals surface area contributed by atoms with Crippen molar-refractivity contribution in [2.24, 2.45) is 5.73 Å². The zero-order chi connectivity index (χ0) is 24.1. The molecule has 4 rings (SSSR count). The predicted molar refractivity (Wildman–Crippen MR) is 133 cm³/mol. The van der Waals surface area contributed by atoms with E-state index in [-0.39, 0.29) is 5.91 Å². The first kappa shape index (κ1) is 23.4. The molecule has 1 amide bonds. The SMILES string of the molecule is C[C@H](O)C(=O)N1CCN(Cc2ccc3cc(Oc4ccc(C(N)=CC=N)cc4)ccc3n2)CC1. The molecule has 1 fully saturated rings. The Kier molecular flexibility index (Phi) is 7.20. The Morgan fingerprint density at radius 2 is 1.82 bits per heavy atom. The second kappa shape index (κ2) is 10.5. The van der Waals surface area contributed by atoms with Crippen LogP contribution in [-0.2, 0) is 11.3 Å². The van der Waals surface area contributed by atoms with E-state index in [0.717, 1.165) is 47.2 Å². The first-order valence-corrected chi connectivity index (χ1v) is 11.3. The number of piperazine rings is 1. The van der Waals surface area contributed by atoms with Gasteiger partial charge in [0.15, 0.2) is 0 Å². The van der Waals surface area contributed by atoms with Gasteiger partial charge in [0.05, 0.1) is 11.2 Å². The van der Waals surface area contributed by atoms with Crippen LogP contribution in [0.4, 0.5) is 0 Å². The van der Waals surface area contributed by atoms with Crippen LogP contribution in [0.25, 0.3) is 16.6 Å². The van der Waals surface area contributed by atoms with Crippen molar-refractivity contribution in [2.75, 3.05) is 26.2 Å². The maximum atomic E-state index is 11.9. The summed E-state index contributed by atoms with van der Waals surface area (Å²) in [5.41, 5.74) is 9.14. The maximum absolute atomic E-state index is 11.9. The van der Waals surface area contributed by atoms with Gasteiger partial charge in [-0.2, -0.15) is 0 Å². The average Bonchev–Trinajstić information content (AvgIpc) is 2.84. The quantitative estimate of drug-likeness (QED) is 0.468. The summed E-state index contributed by atoms with van der Waals surface area (Å²) in [6.07, 6.45) is 1.76. The summed E-state index contributed by atoms with van der Waals surface area (Å²) in [6.45, 7) is 4.97. The molecule has 0 unspecified atom stereocenters. The molecule has 8 nitrogen and oxygen atoms in total. The summed E-state index contributed by atoms with van der Waals surface area (Å²) in [6, 6.07) is 17.3. The molecular formula is C26H29N5O3. The van der Waals surface area contributed by atoms with Gasteiger partial charge in [-0.25, -0.2) is 0 Å². The van der Waals surface area contributed by atoms with Crippen molar-refractivity contribution in [1.29, 1.82) is 5.41 Å². The van der Waals surface area contributed by atoms with Gasteiger partial charge in [0.25, 0.3) is 5.91 Å². The Balaban J connectivity index is 1.38. The van der Waals surface area contributed by atoms with E-state index in [9.17, 15) is 9.90 Å². The number of hydrogen-bond donors (Lipinski definition) is 3. The third-order valence-corrected chi connectivity index (χ3v) is 5.83. The molecule has 0 saturated carbocycles. The highest BCUT2D eigenvalue weighted by Crippen LogP contribution is 2.26. The van der Waals surface area contributed by atoms with Crippen LogP contribution < -0.4 is 10.5 Å². The highest BCUT2D eigenvalue weighted by molar-refractivity contribution is 5.82. The van der Waals surface area contributed by atoms with Gasteiger partial charge in [0.1, 0.15) is 17.6 Å². The number of fused-ring (bicyclic) bond motifs is 1. The number of pyridine rings is 1. The van der Waals surface area contributed by atoms with E-state index in [4.69, 9.17) is 20.9 Å². The summed E-state index contributed by atoms with van der Waals surface area (Å²) >= 11 is 0. The summed E-state index contributed by atoms with van der Waals surface area (Å²) in [7, 11) is 0. The van der Waals surface area contributed by atoms with Gasteiger partial charge in [-0.15, -0.1) is 0 Å². The number of nitrogens with two attached hydrogens (primary N) is 1. The monoisotopic (exact) mass is 459 g/mol. The maximum Gasteiger partial charge on any atom is 0.251 e. The highest BCUT2D eigenvalue weighted by atomic mass is 16.5. The van der Waals surface area contributed by atoms with Gasteiger partial charge >= 0.3 is 0 Å². The molecular weight excluding hydrogens is 430 g/mol. The van der Waals surface area contributed by atoms with Gasteiger partial charge in [-0.1, -0.05) is 6.07 Å². The number of carbonyl (C=O) groups excluding carboxylic acids is 1. The van der Waals surface area contributed by atoms with Gasteiger partial charge in [0, 0.05) is 50.0 Å². The minimum atomic E-state index is -0.948. The molecule has 176 valence electrons. The molecule has 0 bridgehead atoms. The van der Waals surface area contributed by atoms with Crippen LogP contribution in [0.2, 0.25) is 0 Å². The van der Waals surface area contributed by atoms with E-state index in [1.54, 1.807) is 11.0 Å². The second-order valence-electron chi connectivity index (χ2n) is 8.35. The van der Waals surface area contributed by atoms with Crippen molar-refractivity contribution in [3.05, 3.63) is 71.9 Å². The molecule has 34 heavy (non-hydrogen) atoms. The predicted octanol–water partition coefficient (Wildman–Crippen LogP) is 3.00. The standard InChI is InChI=1S/C26H29N5O3/c1-18(32)26(33)31-14-12-30(13-15-31)17-21-5-2-20-16-23(8-9-25(20)29-21)34-22-6-3-19(4-7-22)24(28)10-11-27/h2-11,16,18,27,32H,12-15,17,28H2,1H3/t18-/m0/s1. The molecule has 1 atom stereocenters. The lowest BCUT2D eigenvalue weighted by molar-refractivity contribution is -0.141. The van der Waals surface area contributed by atoms with Crippen LogP contribution in [0.15, 0.2) is 60.7 Å². The van der Waals surface area contributed by atoms with E-state index >= 15 is 0 Å². The van der Waals surface area contributed by atoms with Crippen LogP contribution in [0.5, 0.6) is 11.5 Å². The van der Waals surface area contributed by atoms with E-state index in [1.807, 2.05) is 54.6 Å². The fourth-order valence-electron chi connectivity index (χ4n) is 3.95. The molecule has 2 aromatic carbocycles. The molecule has 0 radical (unpaired) electrons. The number of benzene rings is 2. The van der Waals surface area contributed by atoms with Gasteiger partial charge in [-0.3, -0.25) is 14.7 Å². The average molecular weight is 460 g/mol. The Morgan fingerprint density at radius 3 is 2.50 bits per heavy atom. The zero-order valence-electron chi connectivity index (χ0n) is 19.1. The molecule has 4 N–H and O–H groups in total. The van der Waals surface area contributed by atoms with Crippen molar-refractivity contribution in [3.63, 3.8) is 0 Å². The largest absolute Gasteiger partial charge is 0.457 e. The highest BCUT2D eigenvalue weighted by Gasteiger charge is 2.23. The number of aromatic nitrogens is 1. The van der Waals surface area contributed by atoms with E-state index < -0.39 is 6.10 Å². The minimum Gasteiger partial charge on any atom is -0.457 e. The molecule has 8 heteroatoms. The van der Waals surface area contributed by atoms with Gasteiger partial charge in [0.2, 0.25) is 0 Å². The smallest absolute Gasteiger partial charge is 0.251 e. The third-order valence-electron chi connectivity index (χ3n) is 5.83. The van der Waals surface area contributed by atoms with Crippen molar-refractivity contribution in [2.45, 2.75) is 19.6 Å². The van der Waals surface area contributed by atoms with Crippen LogP contribution in [0.3, 0.4) is 0 Å². The molecule has 1 saturated heterocycles. The summed E-state index contributed by atoms with van der Waals surface area (Å²) in [4.78, 5) is 20.7. The summed E-state index contributed by atoms with van der Waals surface area (Å²) in [5, 5.41) is 17.6. The first-order chi connectivity index (χ1) is 16.4. The zero-order valence-corrected chi connectivity index (χ0v) is 19.1. The van der Waals surface area contributed by atoms with Crippen molar-refractivity contribution in [3.8, 4) is 11.5 Å². The van der Waals surface area contributed by atoms with Gasteiger partial charge in [-0.05, 0) is 67.1 Å². The number of amides is 1. The number of nitrogens with zero attached hydrogens (tertiary/aromatic N) is 3. The van der Waals surface area contributed by atoms with Gasteiger partial charge < -0.3 is 25.9 Å². The fraction of sp³-hybridized carbons (Fsp3) is 0.269. The lowest BCUT2D eigenvalue weighted by Crippen LogP contribution is -2.50.